The first-order valence-electron chi connectivity index (χ1n) is 11.2. The van der Waals surface area contributed by atoms with Gasteiger partial charge in [-0.1, -0.05) is 70.7 Å². The number of hydrogen-bond donors (Lipinski definition) is 1. The summed E-state index contributed by atoms with van der Waals surface area (Å²) in [5.74, 6) is -0.388. The second-order valence-electron chi connectivity index (χ2n) is 8.24. The van der Waals surface area contributed by atoms with Crippen molar-refractivity contribution in [3.63, 3.8) is 0 Å². The van der Waals surface area contributed by atoms with E-state index in [0.717, 1.165) is 11.1 Å². The topological polar surface area (TPSA) is 77.0 Å². The molecule has 1 amide bonds. The molecule has 0 bridgehead atoms. The van der Waals surface area contributed by atoms with Gasteiger partial charge in [-0.05, 0) is 36.8 Å². The molecule has 186 valence electrons. The van der Waals surface area contributed by atoms with Crippen molar-refractivity contribution in [1.29, 1.82) is 0 Å². The zero-order valence-corrected chi connectivity index (χ0v) is 21.9. The molecule has 0 aromatic heterocycles. The number of aryl methyl sites for hydroxylation is 1. The number of amides is 1. The van der Waals surface area contributed by atoms with Gasteiger partial charge in [-0.15, -0.1) is 0 Å². The van der Waals surface area contributed by atoms with Gasteiger partial charge >= 0.3 is 0 Å². The molecule has 3 aromatic rings. The van der Waals surface area contributed by atoms with Gasteiger partial charge in [0.05, 0.1) is 27.9 Å². The zero-order valence-electron chi connectivity index (χ0n) is 19.6. The number of halogens is 3. The molecule has 9 heteroatoms. The smallest absolute Gasteiger partial charge is 0.257 e. The van der Waals surface area contributed by atoms with Crippen molar-refractivity contribution in [3.8, 4) is 5.75 Å². The second-order valence-corrected chi connectivity index (χ2v) is 9.49. The van der Waals surface area contributed by atoms with E-state index >= 15 is 0 Å². The molecule has 6 nitrogen and oxygen atoms in total. The van der Waals surface area contributed by atoms with E-state index in [1.165, 1.54) is 0 Å². The first kappa shape index (κ1) is 26.2. The van der Waals surface area contributed by atoms with E-state index in [2.05, 4.69) is 10.3 Å². The lowest BCUT2D eigenvalue weighted by Gasteiger charge is -2.17. The average molecular weight is 546 g/mol. The fourth-order valence-electron chi connectivity index (χ4n) is 3.92. The predicted molar refractivity (Wildman–Crippen MR) is 142 cm³/mol. The van der Waals surface area contributed by atoms with E-state index in [9.17, 15) is 9.59 Å². The van der Waals surface area contributed by atoms with Crippen LogP contribution in [0.2, 0.25) is 15.1 Å². The highest BCUT2D eigenvalue weighted by atomic mass is 35.5. The number of methoxy groups -OCH3 is 1. The molecule has 0 radical (unpaired) electrons. The molecule has 1 aliphatic rings. The second kappa shape index (κ2) is 11.4. The van der Waals surface area contributed by atoms with Gasteiger partial charge in [0.15, 0.2) is 11.9 Å². The Morgan fingerprint density at radius 3 is 2.50 bits per heavy atom. The summed E-state index contributed by atoms with van der Waals surface area (Å²) >= 11 is 19.2. The van der Waals surface area contributed by atoms with Crippen molar-refractivity contribution >= 4 is 52.2 Å². The highest BCUT2D eigenvalue weighted by Gasteiger charge is 2.30. The molecule has 1 N–H and O–H groups in total. The quantitative estimate of drug-likeness (QED) is 0.387. The van der Waals surface area contributed by atoms with Crippen molar-refractivity contribution in [1.82, 2.24) is 5.32 Å². The Hall–Kier alpha value is -2.90. The number of fused-ring (bicyclic) bond motifs is 1. The Morgan fingerprint density at radius 1 is 1.06 bits per heavy atom. The lowest BCUT2D eigenvalue weighted by Crippen LogP contribution is -2.40. The van der Waals surface area contributed by atoms with Crippen LogP contribution in [0.4, 0.5) is 0 Å². The molecule has 1 aliphatic heterocycles. The third-order valence-electron chi connectivity index (χ3n) is 5.64. The minimum atomic E-state index is -1.17. The van der Waals surface area contributed by atoms with Crippen LogP contribution in [0, 0.1) is 6.92 Å². The maximum atomic E-state index is 13.4. The molecule has 0 fully saturated rings. The van der Waals surface area contributed by atoms with E-state index in [1.54, 1.807) is 31.4 Å². The fourth-order valence-corrected chi connectivity index (χ4v) is 4.92. The van der Waals surface area contributed by atoms with Crippen LogP contribution < -0.4 is 10.1 Å². The van der Waals surface area contributed by atoms with Gasteiger partial charge in [-0.3, -0.25) is 14.6 Å². The van der Waals surface area contributed by atoms with Crippen LogP contribution in [0.5, 0.6) is 5.75 Å². The monoisotopic (exact) mass is 544 g/mol. The van der Waals surface area contributed by atoms with Crippen LogP contribution in [0.3, 0.4) is 0 Å². The number of ether oxygens (including phenoxy) is 2. The number of hydrogen-bond acceptors (Lipinski definition) is 5. The Labute approximate surface area is 224 Å². The maximum Gasteiger partial charge on any atom is 0.257 e. The van der Waals surface area contributed by atoms with Crippen molar-refractivity contribution in [3.05, 3.63) is 97.5 Å². The maximum absolute atomic E-state index is 13.4. The third-order valence-corrected chi connectivity index (χ3v) is 6.45. The van der Waals surface area contributed by atoms with Crippen molar-refractivity contribution < 1.29 is 19.1 Å². The molecule has 36 heavy (non-hydrogen) atoms. The molecule has 0 saturated carbocycles. The molecule has 1 atom stereocenters. The summed E-state index contributed by atoms with van der Waals surface area (Å²) in [4.78, 5) is 31.3. The molecule has 3 aromatic carbocycles. The number of Topliss-reactive ketones (excluding diaryl/α,β-unsaturated/α-hetero) is 1. The van der Waals surface area contributed by atoms with Crippen LogP contribution >= 0.6 is 34.8 Å². The molecule has 0 aliphatic carbocycles. The van der Waals surface area contributed by atoms with Crippen LogP contribution in [-0.4, -0.2) is 43.9 Å². The zero-order chi connectivity index (χ0) is 25.8. The normalized spacial score (nSPS) is 15.1. The van der Waals surface area contributed by atoms with Gasteiger partial charge in [0.1, 0.15) is 12.4 Å². The third kappa shape index (κ3) is 5.73. The summed E-state index contributed by atoms with van der Waals surface area (Å²) in [6, 6.07) is 15.7. The summed E-state index contributed by atoms with van der Waals surface area (Å²) in [6.45, 7) is 2.50. The lowest BCUT2D eigenvalue weighted by atomic mass is 9.96. The van der Waals surface area contributed by atoms with Crippen LogP contribution in [0.25, 0.3) is 0 Å². The van der Waals surface area contributed by atoms with Gasteiger partial charge in [0, 0.05) is 29.7 Å². The van der Waals surface area contributed by atoms with Crippen molar-refractivity contribution in [2.75, 3.05) is 20.3 Å². The number of nitrogens with one attached hydrogen (secondary N) is 1. The van der Waals surface area contributed by atoms with Crippen LogP contribution in [-0.2, 0) is 16.0 Å². The molecule has 1 heterocycles. The number of aliphatic imine (C=N–C) groups is 1. The first-order valence-corrected chi connectivity index (χ1v) is 12.3. The SMILES string of the molecule is COCCOc1ccc(C)cc1C(=O)NC1N=C(c2c(Cl)cc(Cl)cc2Cl)c2ccccc2CC1=O. The van der Waals surface area contributed by atoms with Gasteiger partial charge in [0.25, 0.3) is 5.91 Å². The number of nitrogens with zero attached hydrogens (tertiary/aromatic N) is 1. The fraction of sp³-hybridized carbons (Fsp3) is 0.222. The van der Waals surface area contributed by atoms with Gasteiger partial charge in [-0.25, -0.2) is 0 Å². The number of ketones is 1. The molecule has 0 saturated heterocycles. The largest absolute Gasteiger partial charge is 0.490 e. The standard InChI is InChI=1S/C27H23Cl3N2O4/c1-15-7-8-23(36-10-9-35-2)19(11-15)27(34)32-26-22(33)12-16-5-3-4-6-18(16)25(31-26)24-20(29)13-17(28)14-21(24)30/h3-8,11,13-14,26H,9-10,12H2,1-2H3,(H,32,34). The number of benzene rings is 3. The summed E-state index contributed by atoms with van der Waals surface area (Å²) in [5.41, 5.74) is 3.44. The van der Waals surface area contributed by atoms with Crippen molar-refractivity contribution in [2.45, 2.75) is 19.5 Å². The summed E-state index contributed by atoms with van der Waals surface area (Å²) in [7, 11) is 1.57. The van der Waals surface area contributed by atoms with Crippen LogP contribution in [0.15, 0.2) is 59.6 Å². The predicted octanol–water partition coefficient (Wildman–Crippen LogP) is 5.70. The van der Waals surface area contributed by atoms with Crippen LogP contribution in [0.1, 0.15) is 32.6 Å². The Kier molecular flexibility index (Phi) is 8.32. The first-order chi connectivity index (χ1) is 17.3. The molecular weight excluding hydrogens is 523 g/mol. The summed E-state index contributed by atoms with van der Waals surface area (Å²) < 4.78 is 10.8. The molecule has 0 spiro atoms. The molecular formula is C27H23Cl3N2O4. The van der Waals surface area contributed by atoms with E-state index in [4.69, 9.17) is 44.3 Å². The van der Waals surface area contributed by atoms with Gasteiger partial charge in [0.2, 0.25) is 0 Å². The Bertz CT molecular complexity index is 1330. The highest BCUT2D eigenvalue weighted by Crippen LogP contribution is 2.33. The number of carbonyl (C=O) groups excluding carboxylic acids is 2. The Balaban J connectivity index is 1.75. The summed E-state index contributed by atoms with van der Waals surface area (Å²) in [6.07, 6.45) is -1.10. The number of carbonyl (C=O) groups is 2. The minimum absolute atomic E-state index is 0.0714. The van der Waals surface area contributed by atoms with E-state index in [-0.39, 0.29) is 28.9 Å². The van der Waals surface area contributed by atoms with Gasteiger partial charge in [-0.2, -0.15) is 0 Å². The molecule has 1 unspecified atom stereocenters. The Morgan fingerprint density at radius 2 is 1.78 bits per heavy atom. The van der Waals surface area contributed by atoms with E-state index in [1.807, 2.05) is 37.3 Å². The minimum Gasteiger partial charge on any atom is -0.490 e. The number of rotatable bonds is 7. The lowest BCUT2D eigenvalue weighted by molar-refractivity contribution is -0.120. The highest BCUT2D eigenvalue weighted by molar-refractivity contribution is 6.43. The van der Waals surface area contributed by atoms with Gasteiger partial charge < -0.3 is 14.8 Å². The summed E-state index contributed by atoms with van der Waals surface area (Å²) in [5, 5.41) is 3.71. The van der Waals surface area contributed by atoms with E-state index < -0.39 is 12.1 Å². The van der Waals surface area contributed by atoms with E-state index in [0.29, 0.717) is 39.8 Å². The average Bonchev–Trinajstić information content (AvgIpc) is 2.96. The van der Waals surface area contributed by atoms with Crippen molar-refractivity contribution in [2.24, 2.45) is 4.99 Å². The molecule has 4 rings (SSSR count).